The van der Waals surface area contributed by atoms with Gasteiger partial charge in [-0.2, -0.15) is 0 Å². The topological polar surface area (TPSA) is 39.2 Å². The molecule has 0 amide bonds. The van der Waals surface area contributed by atoms with Crippen LogP contribution < -0.4 is 4.74 Å². The van der Waals surface area contributed by atoms with E-state index in [1.54, 1.807) is 12.4 Å². The molecule has 1 aliphatic rings. The Morgan fingerprint density at radius 2 is 2.28 bits per heavy atom. The Morgan fingerprint density at radius 1 is 1.50 bits per heavy atom. The molecule has 0 spiro atoms. The predicted octanol–water partition coefficient (Wildman–Crippen LogP) is 3.49. The minimum Gasteiger partial charge on any atom is -0.492 e. The number of hydrogen-bond donors (Lipinski definition) is 0. The average Bonchev–Trinajstić information content (AvgIpc) is 2.69. The second-order valence-electron chi connectivity index (χ2n) is 5.64. The Hall–Kier alpha value is -1.38. The van der Waals surface area contributed by atoms with Crippen molar-refractivity contribution in [2.45, 2.75) is 40.0 Å². The lowest BCUT2D eigenvalue weighted by atomic mass is 9.78. The number of hydrogen-bond acceptors (Lipinski definition) is 3. The molecule has 1 heterocycles. The first-order valence-corrected chi connectivity index (χ1v) is 6.66. The van der Waals surface area contributed by atoms with Crippen molar-refractivity contribution in [1.82, 2.24) is 4.98 Å². The second-order valence-corrected chi connectivity index (χ2v) is 5.64. The van der Waals surface area contributed by atoms with Crippen LogP contribution in [0.4, 0.5) is 0 Å². The van der Waals surface area contributed by atoms with Crippen LogP contribution in [0.1, 0.15) is 50.4 Å². The molecule has 18 heavy (non-hydrogen) atoms. The van der Waals surface area contributed by atoms with Crippen LogP contribution in [0.15, 0.2) is 18.5 Å². The first kappa shape index (κ1) is 13.1. The number of rotatable bonds is 4. The Bertz CT molecular complexity index is 440. The number of pyridine rings is 1. The van der Waals surface area contributed by atoms with Crippen LogP contribution in [0.25, 0.3) is 0 Å². The summed E-state index contributed by atoms with van der Waals surface area (Å²) in [5.74, 6) is 1.02. The number of ether oxygens (including phenoxy) is 1. The van der Waals surface area contributed by atoms with Crippen molar-refractivity contribution in [3.63, 3.8) is 0 Å². The summed E-state index contributed by atoms with van der Waals surface area (Å²) in [5, 5.41) is 0. The number of Topliss-reactive ketones (excluding diaryl/α,β-unsaturated/α-hetero) is 1. The highest BCUT2D eigenvalue weighted by Crippen LogP contribution is 2.44. The van der Waals surface area contributed by atoms with E-state index < -0.39 is 0 Å². The molecule has 1 aromatic heterocycles. The van der Waals surface area contributed by atoms with Gasteiger partial charge in [0.25, 0.3) is 0 Å². The van der Waals surface area contributed by atoms with Crippen LogP contribution in [0, 0.1) is 11.3 Å². The summed E-state index contributed by atoms with van der Waals surface area (Å²) in [5.41, 5.74) is 0.791. The van der Waals surface area contributed by atoms with Gasteiger partial charge in [0.2, 0.25) is 0 Å². The van der Waals surface area contributed by atoms with Gasteiger partial charge in [-0.05, 0) is 31.2 Å². The molecule has 1 fully saturated rings. The number of nitrogens with zero attached hydrogens (tertiary/aromatic N) is 1. The third-order valence-electron chi connectivity index (χ3n) is 3.88. The van der Waals surface area contributed by atoms with Crippen LogP contribution >= 0.6 is 0 Å². The number of carbonyl (C=O) groups excluding carboxylic acids is 1. The summed E-state index contributed by atoms with van der Waals surface area (Å²) in [4.78, 5) is 16.6. The smallest absolute Gasteiger partial charge is 0.168 e. The number of carbonyl (C=O) groups is 1. The molecule has 1 unspecified atom stereocenters. The summed E-state index contributed by atoms with van der Waals surface area (Å²) in [6, 6.07) is 1.81. The van der Waals surface area contributed by atoms with Gasteiger partial charge in [0.05, 0.1) is 12.8 Å². The van der Waals surface area contributed by atoms with Gasteiger partial charge < -0.3 is 4.74 Å². The third kappa shape index (κ3) is 2.55. The molecule has 2 rings (SSSR count). The zero-order chi connectivity index (χ0) is 13.2. The Kier molecular flexibility index (Phi) is 3.69. The van der Waals surface area contributed by atoms with E-state index in [2.05, 4.69) is 18.8 Å². The summed E-state index contributed by atoms with van der Waals surface area (Å²) in [7, 11) is 0. The molecule has 0 N–H and O–H groups in total. The maximum atomic E-state index is 12.5. The largest absolute Gasteiger partial charge is 0.492 e. The van der Waals surface area contributed by atoms with Crippen LogP contribution in [0.5, 0.6) is 5.75 Å². The molecular weight excluding hydrogens is 226 g/mol. The van der Waals surface area contributed by atoms with E-state index in [1.165, 1.54) is 0 Å². The van der Waals surface area contributed by atoms with E-state index in [9.17, 15) is 4.79 Å². The lowest BCUT2D eigenvalue weighted by Crippen LogP contribution is -2.26. The van der Waals surface area contributed by atoms with Crippen molar-refractivity contribution in [2.75, 3.05) is 6.61 Å². The predicted molar refractivity (Wildman–Crippen MR) is 70.9 cm³/mol. The molecule has 1 atom stereocenters. The molecule has 0 radical (unpaired) electrons. The van der Waals surface area contributed by atoms with Crippen molar-refractivity contribution < 1.29 is 9.53 Å². The highest BCUT2D eigenvalue weighted by atomic mass is 16.5. The quantitative estimate of drug-likeness (QED) is 0.764. The van der Waals surface area contributed by atoms with E-state index >= 15 is 0 Å². The molecule has 98 valence electrons. The van der Waals surface area contributed by atoms with E-state index in [4.69, 9.17) is 4.74 Å². The zero-order valence-corrected chi connectivity index (χ0v) is 11.4. The van der Waals surface area contributed by atoms with Gasteiger partial charge in [0.1, 0.15) is 5.75 Å². The van der Waals surface area contributed by atoms with E-state index in [0.717, 1.165) is 19.3 Å². The molecule has 0 bridgehead atoms. The molecule has 0 saturated heterocycles. The fourth-order valence-electron chi connectivity index (χ4n) is 2.81. The monoisotopic (exact) mass is 247 g/mol. The van der Waals surface area contributed by atoms with Crippen molar-refractivity contribution in [1.29, 1.82) is 0 Å². The lowest BCUT2D eigenvalue weighted by molar-refractivity contribution is 0.0838. The third-order valence-corrected chi connectivity index (χ3v) is 3.88. The molecule has 3 nitrogen and oxygen atoms in total. The molecular formula is C15H21NO2. The Balaban J connectivity index is 2.20. The van der Waals surface area contributed by atoms with Gasteiger partial charge in [-0.3, -0.25) is 9.78 Å². The van der Waals surface area contributed by atoms with Crippen molar-refractivity contribution in [3.8, 4) is 5.75 Å². The van der Waals surface area contributed by atoms with E-state index in [0.29, 0.717) is 17.9 Å². The maximum Gasteiger partial charge on any atom is 0.168 e. The minimum absolute atomic E-state index is 0.110. The molecule has 0 aromatic carbocycles. The number of ketones is 1. The minimum atomic E-state index is 0.110. The molecule has 1 saturated carbocycles. The highest BCUT2D eigenvalue weighted by molar-refractivity contribution is 5.98. The highest BCUT2D eigenvalue weighted by Gasteiger charge is 2.39. The van der Waals surface area contributed by atoms with Crippen molar-refractivity contribution >= 4 is 5.78 Å². The van der Waals surface area contributed by atoms with E-state index in [-0.39, 0.29) is 17.1 Å². The first-order valence-electron chi connectivity index (χ1n) is 6.66. The normalized spacial score (nSPS) is 21.8. The SMILES string of the molecule is CCOc1cncc(C(=O)C2CCCC2(C)C)c1. The number of aromatic nitrogens is 1. The average molecular weight is 247 g/mol. The van der Waals surface area contributed by atoms with Crippen molar-refractivity contribution in [2.24, 2.45) is 11.3 Å². The standard InChI is InChI=1S/C15H21NO2/c1-4-18-12-8-11(9-16-10-12)14(17)13-6-5-7-15(13,2)3/h8-10,13H,4-7H2,1-3H3. The van der Waals surface area contributed by atoms with Gasteiger partial charge in [-0.15, -0.1) is 0 Å². The van der Waals surface area contributed by atoms with Gasteiger partial charge in [-0.25, -0.2) is 0 Å². The van der Waals surface area contributed by atoms with Gasteiger partial charge in [0, 0.05) is 17.7 Å². The fourth-order valence-corrected chi connectivity index (χ4v) is 2.81. The fraction of sp³-hybridized carbons (Fsp3) is 0.600. The van der Waals surface area contributed by atoms with E-state index in [1.807, 2.05) is 13.0 Å². The molecule has 1 aromatic rings. The Labute approximate surface area is 109 Å². The van der Waals surface area contributed by atoms with Gasteiger partial charge in [0.15, 0.2) is 5.78 Å². The summed E-state index contributed by atoms with van der Waals surface area (Å²) in [6.07, 6.45) is 6.56. The maximum absolute atomic E-state index is 12.5. The van der Waals surface area contributed by atoms with Crippen LogP contribution in [0.3, 0.4) is 0 Å². The lowest BCUT2D eigenvalue weighted by Gasteiger charge is -2.25. The second kappa shape index (κ2) is 5.09. The van der Waals surface area contributed by atoms with Crippen LogP contribution in [-0.4, -0.2) is 17.4 Å². The zero-order valence-electron chi connectivity index (χ0n) is 11.4. The summed E-state index contributed by atoms with van der Waals surface area (Å²) >= 11 is 0. The summed E-state index contributed by atoms with van der Waals surface area (Å²) < 4.78 is 5.40. The van der Waals surface area contributed by atoms with Crippen molar-refractivity contribution in [3.05, 3.63) is 24.0 Å². The Morgan fingerprint density at radius 3 is 2.89 bits per heavy atom. The molecule has 1 aliphatic carbocycles. The summed E-state index contributed by atoms with van der Waals surface area (Å²) in [6.45, 7) is 6.88. The van der Waals surface area contributed by atoms with Gasteiger partial charge >= 0.3 is 0 Å². The molecule has 0 aliphatic heterocycles. The first-order chi connectivity index (χ1) is 8.54. The molecule has 3 heteroatoms. The van der Waals surface area contributed by atoms with Crippen LogP contribution in [-0.2, 0) is 0 Å². The van der Waals surface area contributed by atoms with Crippen LogP contribution in [0.2, 0.25) is 0 Å². The van der Waals surface area contributed by atoms with Gasteiger partial charge in [-0.1, -0.05) is 20.3 Å².